The maximum Gasteiger partial charge on any atom is 0.207 e. The van der Waals surface area contributed by atoms with E-state index in [9.17, 15) is 4.79 Å². The Labute approximate surface area is 90.0 Å². The van der Waals surface area contributed by atoms with Gasteiger partial charge in [-0.05, 0) is 29.9 Å². The minimum Gasteiger partial charge on any atom is -0.358 e. The molecule has 1 aliphatic carbocycles. The van der Waals surface area contributed by atoms with Crippen LogP contribution < -0.4 is 5.32 Å². The van der Waals surface area contributed by atoms with Gasteiger partial charge in [0.15, 0.2) is 0 Å². The molecule has 1 N–H and O–H groups in total. The Morgan fingerprint density at radius 2 is 2.27 bits per heavy atom. The van der Waals surface area contributed by atoms with Crippen LogP contribution in [-0.4, -0.2) is 13.0 Å². The zero-order valence-electron chi connectivity index (χ0n) is 8.65. The van der Waals surface area contributed by atoms with Crippen LogP contribution in [0.5, 0.6) is 0 Å². The number of nitrogens with one attached hydrogen (secondary N) is 1. The molecule has 0 radical (unpaired) electrons. The molecule has 1 atom stereocenters. The zero-order chi connectivity index (χ0) is 10.5. The fourth-order valence-corrected chi connectivity index (χ4v) is 1.97. The molecule has 2 heteroatoms. The molecule has 0 saturated heterocycles. The van der Waals surface area contributed by atoms with Crippen molar-refractivity contribution in [1.29, 1.82) is 0 Å². The largest absolute Gasteiger partial charge is 0.358 e. The molecule has 1 unspecified atom stereocenters. The third-order valence-corrected chi connectivity index (χ3v) is 2.85. The molecule has 2 nitrogen and oxygen atoms in total. The second kappa shape index (κ2) is 4.78. The molecule has 1 amide bonds. The number of aryl methyl sites for hydroxylation is 1. The smallest absolute Gasteiger partial charge is 0.207 e. The minimum absolute atomic E-state index is 0.461. The fraction of sp³-hybridized carbons (Fsp3) is 0.308. The van der Waals surface area contributed by atoms with Gasteiger partial charge in [0.25, 0.3) is 0 Å². The van der Waals surface area contributed by atoms with E-state index < -0.39 is 0 Å². The number of carbonyl (C=O) groups is 1. The Bertz CT molecular complexity index is 371. The number of rotatable bonds is 3. The summed E-state index contributed by atoms with van der Waals surface area (Å²) in [5, 5.41) is 2.74. The van der Waals surface area contributed by atoms with Gasteiger partial charge in [-0.3, -0.25) is 4.79 Å². The van der Waals surface area contributed by atoms with E-state index >= 15 is 0 Å². The summed E-state index contributed by atoms with van der Waals surface area (Å²) in [7, 11) is 0. The first-order chi connectivity index (χ1) is 7.40. The molecule has 15 heavy (non-hydrogen) atoms. The van der Waals surface area contributed by atoms with Gasteiger partial charge < -0.3 is 5.32 Å². The maximum absolute atomic E-state index is 10.2. The van der Waals surface area contributed by atoms with Crippen LogP contribution >= 0.6 is 0 Å². The Morgan fingerprint density at radius 3 is 3.13 bits per heavy atom. The summed E-state index contributed by atoms with van der Waals surface area (Å²) in [4.78, 5) is 10.2. The van der Waals surface area contributed by atoms with Crippen LogP contribution in [0, 0.1) is 5.92 Å². The van der Waals surface area contributed by atoms with Gasteiger partial charge in [0, 0.05) is 6.54 Å². The molecule has 78 valence electrons. The van der Waals surface area contributed by atoms with Crippen molar-refractivity contribution in [1.82, 2.24) is 5.32 Å². The van der Waals surface area contributed by atoms with Crippen molar-refractivity contribution < 1.29 is 4.79 Å². The highest BCUT2D eigenvalue weighted by molar-refractivity contribution is 5.55. The molecule has 2 rings (SSSR count). The molecule has 0 heterocycles. The molecule has 0 bridgehead atoms. The lowest BCUT2D eigenvalue weighted by Gasteiger charge is -2.09. The van der Waals surface area contributed by atoms with E-state index in [4.69, 9.17) is 0 Å². The van der Waals surface area contributed by atoms with Crippen LogP contribution in [-0.2, 0) is 11.2 Å². The first-order valence-electron chi connectivity index (χ1n) is 5.33. The molecular formula is C13H15NO. The highest BCUT2D eigenvalue weighted by Gasteiger charge is 2.10. The third-order valence-electron chi connectivity index (χ3n) is 2.85. The second-order valence-corrected chi connectivity index (χ2v) is 3.88. The first kappa shape index (κ1) is 9.97. The summed E-state index contributed by atoms with van der Waals surface area (Å²) in [5.74, 6) is 0.461. The van der Waals surface area contributed by atoms with Crippen molar-refractivity contribution in [2.45, 2.75) is 12.8 Å². The average Bonchev–Trinajstić information content (AvgIpc) is 2.49. The number of amides is 1. The lowest BCUT2D eigenvalue weighted by Crippen LogP contribution is -2.20. The van der Waals surface area contributed by atoms with Crippen LogP contribution in [0.2, 0.25) is 0 Å². The Kier molecular flexibility index (Phi) is 3.18. The third kappa shape index (κ3) is 2.46. The predicted octanol–water partition coefficient (Wildman–Crippen LogP) is 2.01. The quantitative estimate of drug-likeness (QED) is 0.745. The molecule has 1 aliphatic rings. The van der Waals surface area contributed by atoms with Crippen molar-refractivity contribution in [3.8, 4) is 0 Å². The van der Waals surface area contributed by atoms with Crippen LogP contribution in [0.1, 0.15) is 17.5 Å². The average molecular weight is 201 g/mol. The predicted molar refractivity (Wildman–Crippen MR) is 61.4 cm³/mol. The fourth-order valence-electron chi connectivity index (χ4n) is 1.97. The molecule has 0 fully saturated rings. The van der Waals surface area contributed by atoms with E-state index in [-0.39, 0.29) is 0 Å². The van der Waals surface area contributed by atoms with Gasteiger partial charge in [-0.25, -0.2) is 0 Å². The van der Waals surface area contributed by atoms with E-state index in [1.807, 2.05) is 0 Å². The van der Waals surface area contributed by atoms with Gasteiger partial charge in [-0.15, -0.1) is 0 Å². The molecular weight excluding hydrogens is 186 g/mol. The first-order valence-corrected chi connectivity index (χ1v) is 5.33. The van der Waals surface area contributed by atoms with E-state index in [2.05, 4.69) is 41.7 Å². The van der Waals surface area contributed by atoms with Crippen molar-refractivity contribution in [3.05, 3.63) is 41.5 Å². The molecule has 1 aromatic rings. The van der Waals surface area contributed by atoms with E-state index in [1.165, 1.54) is 11.1 Å². The minimum atomic E-state index is 0.461. The molecule has 0 aliphatic heterocycles. The van der Waals surface area contributed by atoms with Crippen LogP contribution in [0.4, 0.5) is 0 Å². The normalized spacial score (nSPS) is 19.1. The lowest BCUT2D eigenvalue weighted by atomic mass is 10.0. The number of hydrogen-bond donors (Lipinski definition) is 1. The van der Waals surface area contributed by atoms with Crippen LogP contribution in [0.3, 0.4) is 0 Å². The number of carbonyl (C=O) groups excluding carboxylic acids is 1. The van der Waals surface area contributed by atoms with Gasteiger partial charge >= 0.3 is 0 Å². The number of benzene rings is 1. The standard InChI is InChI=1S/C13H15NO/c15-10-14-9-11-5-7-12-3-1-2-4-13(12)8-6-11/h1-5,7,10-11H,6,8-9H2,(H,14,15). The van der Waals surface area contributed by atoms with Crippen molar-refractivity contribution in [2.24, 2.45) is 5.92 Å². The maximum atomic E-state index is 10.2. The highest BCUT2D eigenvalue weighted by atomic mass is 16.1. The summed E-state index contributed by atoms with van der Waals surface area (Å²) in [6.45, 7) is 0.744. The summed E-state index contributed by atoms with van der Waals surface area (Å²) < 4.78 is 0. The summed E-state index contributed by atoms with van der Waals surface area (Å²) in [5.41, 5.74) is 2.72. The van der Waals surface area contributed by atoms with E-state index in [0.717, 1.165) is 25.8 Å². The SMILES string of the molecule is O=CNCC1C=Cc2ccccc2CC1. The highest BCUT2D eigenvalue weighted by Crippen LogP contribution is 2.21. The Hall–Kier alpha value is -1.57. The number of hydrogen-bond acceptors (Lipinski definition) is 1. The zero-order valence-corrected chi connectivity index (χ0v) is 8.65. The topological polar surface area (TPSA) is 29.1 Å². The molecule has 0 saturated carbocycles. The van der Waals surface area contributed by atoms with Gasteiger partial charge in [-0.2, -0.15) is 0 Å². The van der Waals surface area contributed by atoms with Crippen LogP contribution in [0.15, 0.2) is 30.3 Å². The molecule has 0 spiro atoms. The molecule has 0 aromatic heterocycles. The summed E-state index contributed by atoms with van der Waals surface area (Å²) in [6.07, 6.45) is 7.33. The Balaban J connectivity index is 2.08. The van der Waals surface area contributed by atoms with Crippen molar-refractivity contribution >= 4 is 12.5 Å². The van der Waals surface area contributed by atoms with Crippen LogP contribution in [0.25, 0.3) is 6.08 Å². The monoisotopic (exact) mass is 201 g/mol. The van der Waals surface area contributed by atoms with Gasteiger partial charge in [0.05, 0.1) is 0 Å². The molecule has 1 aromatic carbocycles. The van der Waals surface area contributed by atoms with E-state index in [1.54, 1.807) is 0 Å². The summed E-state index contributed by atoms with van der Waals surface area (Å²) >= 11 is 0. The van der Waals surface area contributed by atoms with Crippen molar-refractivity contribution in [2.75, 3.05) is 6.54 Å². The second-order valence-electron chi connectivity index (χ2n) is 3.88. The number of fused-ring (bicyclic) bond motifs is 1. The lowest BCUT2D eigenvalue weighted by molar-refractivity contribution is -0.109. The van der Waals surface area contributed by atoms with Gasteiger partial charge in [0.2, 0.25) is 6.41 Å². The van der Waals surface area contributed by atoms with E-state index in [0.29, 0.717) is 5.92 Å². The van der Waals surface area contributed by atoms with Gasteiger partial charge in [-0.1, -0.05) is 36.4 Å². The van der Waals surface area contributed by atoms with Crippen molar-refractivity contribution in [3.63, 3.8) is 0 Å². The summed E-state index contributed by atoms with van der Waals surface area (Å²) in [6, 6.07) is 8.46. The Morgan fingerprint density at radius 1 is 1.40 bits per heavy atom. The van der Waals surface area contributed by atoms with Gasteiger partial charge in [0.1, 0.15) is 0 Å².